The number of carbonyl (C=O) groups excluding carboxylic acids is 1. The molecule has 17 heavy (non-hydrogen) atoms. The summed E-state index contributed by atoms with van der Waals surface area (Å²) in [6.07, 6.45) is 5.50. The molecule has 3 nitrogen and oxygen atoms in total. The van der Waals surface area contributed by atoms with E-state index >= 15 is 0 Å². The first-order valence-corrected chi connectivity index (χ1v) is 6.92. The van der Waals surface area contributed by atoms with Crippen LogP contribution in [-0.2, 0) is 0 Å². The number of nitrogens with zero attached hydrogens (tertiary/aromatic N) is 1. The molecule has 0 fully saturated rings. The Labute approximate surface area is 111 Å². The Morgan fingerprint density at radius 3 is 2.47 bits per heavy atom. The zero-order valence-electron chi connectivity index (χ0n) is 10.3. The van der Waals surface area contributed by atoms with Gasteiger partial charge in [0, 0.05) is 29.3 Å². The van der Waals surface area contributed by atoms with Crippen molar-refractivity contribution >= 4 is 21.8 Å². The van der Waals surface area contributed by atoms with Crippen LogP contribution < -0.4 is 5.32 Å². The minimum atomic E-state index is -0.0391. The van der Waals surface area contributed by atoms with E-state index in [1.807, 2.05) is 0 Å². The van der Waals surface area contributed by atoms with Crippen molar-refractivity contribution in [1.82, 2.24) is 10.3 Å². The van der Waals surface area contributed by atoms with Crippen molar-refractivity contribution in [3.8, 4) is 0 Å². The molecule has 0 spiro atoms. The van der Waals surface area contributed by atoms with Crippen LogP contribution in [0.1, 0.15) is 37.0 Å². The first-order valence-electron chi connectivity index (χ1n) is 6.01. The Hall–Kier alpha value is -0.900. The SMILES string of the molecule is CCC(CC)C(Br)CNC(=O)c1ccncc1. The minimum absolute atomic E-state index is 0.0391. The van der Waals surface area contributed by atoms with Crippen LogP contribution in [0.3, 0.4) is 0 Å². The molecule has 1 aromatic rings. The average Bonchev–Trinajstić information content (AvgIpc) is 2.38. The van der Waals surface area contributed by atoms with E-state index in [2.05, 4.69) is 40.1 Å². The third kappa shape index (κ3) is 4.46. The molecule has 0 aromatic carbocycles. The Morgan fingerprint density at radius 2 is 1.94 bits per heavy atom. The molecule has 94 valence electrons. The van der Waals surface area contributed by atoms with E-state index in [4.69, 9.17) is 0 Å². The summed E-state index contributed by atoms with van der Waals surface area (Å²) in [6, 6.07) is 3.44. The Kier molecular flexibility index (Phi) is 6.19. The summed E-state index contributed by atoms with van der Waals surface area (Å²) in [7, 11) is 0. The summed E-state index contributed by atoms with van der Waals surface area (Å²) in [5.74, 6) is 0.565. The smallest absolute Gasteiger partial charge is 0.251 e. The van der Waals surface area contributed by atoms with E-state index in [-0.39, 0.29) is 5.91 Å². The van der Waals surface area contributed by atoms with Gasteiger partial charge in [0.25, 0.3) is 5.91 Å². The maximum atomic E-state index is 11.8. The van der Waals surface area contributed by atoms with E-state index in [9.17, 15) is 4.79 Å². The highest BCUT2D eigenvalue weighted by Crippen LogP contribution is 2.19. The molecule has 4 heteroatoms. The van der Waals surface area contributed by atoms with Gasteiger partial charge < -0.3 is 5.32 Å². The van der Waals surface area contributed by atoms with Crippen LogP contribution in [0.2, 0.25) is 0 Å². The molecule has 0 radical (unpaired) electrons. The zero-order chi connectivity index (χ0) is 12.7. The summed E-state index contributed by atoms with van der Waals surface area (Å²) in [5.41, 5.74) is 0.657. The summed E-state index contributed by atoms with van der Waals surface area (Å²) in [5, 5.41) is 2.93. The Balaban J connectivity index is 2.43. The number of hydrogen-bond acceptors (Lipinski definition) is 2. The third-order valence-electron chi connectivity index (χ3n) is 2.96. The van der Waals surface area contributed by atoms with Crippen molar-refractivity contribution in [3.63, 3.8) is 0 Å². The van der Waals surface area contributed by atoms with E-state index < -0.39 is 0 Å². The molecule has 1 aromatic heterocycles. The van der Waals surface area contributed by atoms with Crippen molar-refractivity contribution in [2.45, 2.75) is 31.5 Å². The van der Waals surface area contributed by atoms with E-state index in [1.165, 1.54) is 0 Å². The highest BCUT2D eigenvalue weighted by Gasteiger charge is 2.16. The summed E-state index contributed by atoms with van der Waals surface area (Å²) < 4.78 is 0. The Morgan fingerprint density at radius 1 is 1.35 bits per heavy atom. The van der Waals surface area contributed by atoms with Gasteiger partial charge in [0.1, 0.15) is 0 Å². The van der Waals surface area contributed by atoms with Crippen molar-refractivity contribution in [1.29, 1.82) is 0 Å². The summed E-state index contributed by atoms with van der Waals surface area (Å²) >= 11 is 3.64. The van der Waals surface area contributed by atoms with Gasteiger partial charge in [-0.2, -0.15) is 0 Å². The van der Waals surface area contributed by atoms with Crippen LogP contribution >= 0.6 is 15.9 Å². The normalized spacial score (nSPS) is 12.5. The number of hydrogen-bond donors (Lipinski definition) is 1. The molecule has 1 N–H and O–H groups in total. The van der Waals surface area contributed by atoms with Crippen molar-refractivity contribution in [2.24, 2.45) is 5.92 Å². The molecule has 0 aliphatic rings. The lowest BCUT2D eigenvalue weighted by atomic mass is 9.99. The molecule has 1 rings (SSSR count). The minimum Gasteiger partial charge on any atom is -0.351 e. The van der Waals surface area contributed by atoms with Gasteiger partial charge in [-0.15, -0.1) is 0 Å². The number of halogens is 1. The van der Waals surface area contributed by atoms with Gasteiger partial charge in [-0.1, -0.05) is 42.6 Å². The number of nitrogens with one attached hydrogen (secondary N) is 1. The van der Waals surface area contributed by atoms with Gasteiger partial charge in [-0.25, -0.2) is 0 Å². The Bertz CT molecular complexity index is 339. The first-order chi connectivity index (χ1) is 8.19. The molecule has 0 aliphatic heterocycles. The van der Waals surface area contributed by atoms with Gasteiger partial charge in [0.2, 0.25) is 0 Å². The lowest BCUT2D eigenvalue weighted by Crippen LogP contribution is -2.32. The standard InChI is InChI=1S/C13H19BrN2O/c1-3-10(4-2)12(14)9-16-13(17)11-5-7-15-8-6-11/h5-8,10,12H,3-4,9H2,1-2H3,(H,16,17). The summed E-state index contributed by atoms with van der Waals surface area (Å²) in [6.45, 7) is 5.01. The monoisotopic (exact) mass is 298 g/mol. The van der Waals surface area contributed by atoms with Gasteiger partial charge in [-0.3, -0.25) is 9.78 Å². The molecule has 0 saturated carbocycles. The largest absolute Gasteiger partial charge is 0.351 e. The lowest BCUT2D eigenvalue weighted by Gasteiger charge is -2.19. The lowest BCUT2D eigenvalue weighted by molar-refractivity contribution is 0.0952. The van der Waals surface area contributed by atoms with Gasteiger partial charge in [-0.05, 0) is 18.1 Å². The highest BCUT2D eigenvalue weighted by molar-refractivity contribution is 9.09. The second-order valence-corrected chi connectivity index (χ2v) is 5.21. The fourth-order valence-corrected chi connectivity index (χ4v) is 2.67. The van der Waals surface area contributed by atoms with Gasteiger partial charge in [0.15, 0.2) is 0 Å². The first kappa shape index (κ1) is 14.2. The van der Waals surface area contributed by atoms with Crippen molar-refractivity contribution < 1.29 is 4.79 Å². The van der Waals surface area contributed by atoms with E-state index in [0.29, 0.717) is 22.9 Å². The van der Waals surface area contributed by atoms with Gasteiger partial charge in [0.05, 0.1) is 0 Å². The van der Waals surface area contributed by atoms with Crippen LogP contribution in [0.5, 0.6) is 0 Å². The van der Waals surface area contributed by atoms with E-state index in [0.717, 1.165) is 12.8 Å². The number of carbonyl (C=O) groups is 1. The van der Waals surface area contributed by atoms with Gasteiger partial charge >= 0.3 is 0 Å². The second kappa shape index (κ2) is 7.43. The predicted molar refractivity (Wildman–Crippen MR) is 73.4 cm³/mol. The topological polar surface area (TPSA) is 42.0 Å². The molecule has 0 aliphatic carbocycles. The summed E-state index contributed by atoms with van der Waals surface area (Å²) in [4.78, 5) is 16.0. The molecule has 1 amide bonds. The van der Waals surface area contributed by atoms with Crippen LogP contribution in [0.4, 0.5) is 0 Å². The zero-order valence-corrected chi connectivity index (χ0v) is 11.9. The number of rotatable bonds is 6. The fourth-order valence-electron chi connectivity index (χ4n) is 1.76. The maximum absolute atomic E-state index is 11.8. The third-order valence-corrected chi connectivity index (χ3v) is 4.03. The van der Waals surface area contributed by atoms with E-state index in [1.54, 1.807) is 24.5 Å². The maximum Gasteiger partial charge on any atom is 0.251 e. The molecule has 0 bridgehead atoms. The molecule has 1 heterocycles. The highest BCUT2D eigenvalue weighted by atomic mass is 79.9. The van der Waals surface area contributed by atoms with Crippen LogP contribution in [-0.4, -0.2) is 22.3 Å². The average molecular weight is 299 g/mol. The predicted octanol–water partition coefficient (Wildman–Crippen LogP) is 3.01. The van der Waals surface area contributed by atoms with Crippen LogP contribution in [0, 0.1) is 5.92 Å². The molecular formula is C13H19BrN2O. The number of pyridine rings is 1. The molecule has 0 saturated heterocycles. The number of amides is 1. The quantitative estimate of drug-likeness (QED) is 0.820. The second-order valence-electron chi connectivity index (χ2n) is 4.04. The van der Waals surface area contributed by atoms with Crippen molar-refractivity contribution in [3.05, 3.63) is 30.1 Å². The molecule has 1 atom stereocenters. The molecule has 1 unspecified atom stereocenters. The fraction of sp³-hybridized carbons (Fsp3) is 0.538. The van der Waals surface area contributed by atoms with Crippen LogP contribution in [0.25, 0.3) is 0 Å². The van der Waals surface area contributed by atoms with Crippen molar-refractivity contribution in [2.75, 3.05) is 6.54 Å². The number of alkyl halides is 1. The number of aromatic nitrogens is 1. The van der Waals surface area contributed by atoms with Crippen LogP contribution in [0.15, 0.2) is 24.5 Å². The molecular weight excluding hydrogens is 280 g/mol.